The van der Waals surface area contributed by atoms with E-state index in [1.807, 2.05) is 4.57 Å². The van der Waals surface area contributed by atoms with Gasteiger partial charge in [0.2, 0.25) is 0 Å². The fraction of sp³-hybridized carbons (Fsp3) is 0.333. The number of rotatable bonds is 5. The summed E-state index contributed by atoms with van der Waals surface area (Å²) >= 11 is 0. The maximum Gasteiger partial charge on any atom is 0.341 e. The number of benzene rings is 1. The van der Waals surface area contributed by atoms with Crippen LogP contribution in [0.5, 0.6) is 5.75 Å². The summed E-state index contributed by atoms with van der Waals surface area (Å²) in [6, 6.07) is 9.19. The third-order valence-electron chi connectivity index (χ3n) is 4.04. The molecule has 0 radical (unpaired) electrons. The second-order valence-electron chi connectivity index (χ2n) is 5.79. The van der Waals surface area contributed by atoms with Crippen molar-refractivity contribution in [1.82, 2.24) is 14.8 Å². The van der Waals surface area contributed by atoms with Crippen LogP contribution in [0.15, 0.2) is 24.3 Å². The van der Waals surface area contributed by atoms with Gasteiger partial charge in [0.1, 0.15) is 17.6 Å². The molecule has 1 aliphatic rings. The molecule has 1 aliphatic heterocycles. The van der Waals surface area contributed by atoms with E-state index in [1.165, 1.54) is 0 Å². The van der Waals surface area contributed by atoms with Gasteiger partial charge in [0.05, 0.1) is 5.57 Å². The molecule has 1 aromatic carbocycles. The van der Waals surface area contributed by atoms with Crippen LogP contribution in [0.3, 0.4) is 0 Å². The highest BCUT2D eigenvalue weighted by atomic mass is 16.5. The lowest BCUT2D eigenvalue weighted by molar-refractivity contribution is -0.139. The molecule has 3 rings (SSSR count). The van der Waals surface area contributed by atoms with Gasteiger partial charge in [-0.05, 0) is 25.0 Å². The predicted molar refractivity (Wildman–Crippen MR) is 90.6 cm³/mol. The van der Waals surface area contributed by atoms with Crippen molar-refractivity contribution in [2.45, 2.75) is 32.2 Å². The zero-order valence-corrected chi connectivity index (χ0v) is 13.7. The first-order valence-corrected chi connectivity index (χ1v) is 8.17. The van der Waals surface area contributed by atoms with E-state index in [0.717, 1.165) is 38.1 Å². The summed E-state index contributed by atoms with van der Waals surface area (Å²) in [7, 11) is 0. The molecule has 1 N–H and O–H groups in total. The number of carboxylic acid groups (broad SMARTS) is 1. The molecule has 7 heteroatoms. The van der Waals surface area contributed by atoms with Crippen molar-refractivity contribution >= 4 is 17.6 Å². The number of aryl methyl sites for hydroxylation is 1. The minimum absolute atomic E-state index is 0.382. The van der Waals surface area contributed by atoms with E-state index in [4.69, 9.17) is 9.84 Å². The maximum atomic E-state index is 10.7. The minimum Gasteiger partial charge on any atom is -0.481 e. The number of aliphatic carboxylic acids is 1. The Morgan fingerprint density at radius 3 is 2.96 bits per heavy atom. The molecule has 0 unspecified atom stereocenters. The van der Waals surface area contributed by atoms with Crippen LogP contribution < -0.4 is 4.74 Å². The van der Waals surface area contributed by atoms with Crippen LogP contribution >= 0.6 is 0 Å². The second-order valence-corrected chi connectivity index (χ2v) is 5.79. The molecule has 0 amide bonds. The monoisotopic (exact) mass is 338 g/mol. The molecule has 2 aromatic rings. The minimum atomic E-state index is -1.05. The Bertz CT molecular complexity index is 848. The van der Waals surface area contributed by atoms with E-state index in [2.05, 4.69) is 16.3 Å². The Morgan fingerprint density at radius 2 is 2.16 bits per heavy atom. The standard InChI is InChI=1S/C18H18N4O3/c19-11-14(18-21-20-16-8-2-1-5-9-22(16)18)10-13-6-3-4-7-15(13)25-12-17(23)24/h3-4,6-7,10H,1-2,5,8-9,12H2,(H,23,24)/b14-10+. The molecule has 0 fully saturated rings. The lowest BCUT2D eigenvalue weighted by atomic mass is 10.1. The van der Waals surface area contributed by atoms with Gasteiger partial charge in [-0.25, -0.2) is 4.79 Å². The molecule has 25 heavy (non-hydrogen) atoms. The van der Waals surface area contributed by atoms with Gasteiger partial charge in [-0.3, -0.25) is 0 Å². The van der Waals surface area contributed by atoms with Gasteiger partial charge in [-0.15, -0.1) is 10.2 Å². The SMILES string of the molecule is N#C/C(=C\c1ccccc1OCC(=O)O)c1nnc2n1CCCCC2. The van der Waals surface area contributed by atoms with E-state index in [-0.39, 0.29) is 0 Å². The highest BCUT2D eigenvalue weighted by molar-refractivity contribution is 5.88. The fourth-order valence-electron chi connectivity index (χ4n) is 2.86. The largest absolute Gasteiger partial charge is 0.481 e. The van der Waals surface area contributed by atoms with E-state index in [0.29, 0.717) is 22.7 Å². The first-order chi connectivity index (χ1) is 12.2. The molecule has 0 aliphatic carbocycles. The molecule has 7 nitrogen and oxygen atoms in total. The number of allylic oxidation sites excluding steroid dienone is 1. The quantitative estimate of drug-likeness (QED) is 0.841. The molecule has 0 bridgehead atoms. The number of fused-ring (bicyclic) bond motifs is 1. The van der Waals surface area contributed by atoms with Gasteiger partial charge in [-0.1, -0.05) is 24.6 Å². The van der Waals surface area contributed by atoms with E-state index < -0.39 is 12.6 Å². The van der Waals surface area contributed by atoms with Gasteiger partial charge < -0.3 is 14.4 Å². The molecule has 0 atom stereocenters. The molecule has 128 valence electrons. The molecular formula is C18H18N4O3. The Morgan fingerprint density at radius 1 is 1.32 bits per heavy atom. The first kappa shape index (κ1) is 16.7. The summed E-state index contributed by atoms with van der Waals surface area (Å²) in [5, 5.41) is 26.8. The van der Waals surface area contributed by atoms with Crippen LogP contribution in [0.25, 0.3) is 11.6 Å². The molecule has 0 spiro atoms. The van der Waals surface area contributed by atoms with Crippen molar-refractivity contribution in [3.63, 3.8) is 0 Å². The van der Waals surface area contributed by atoms with Crippen molar-refractivity contribution in [2.24, 2.45) is 0 Å². The summed E-state index contributed by atoms with van der Waals surface area (Å²) in [5.41, 5.74) is 1.01. The van der Waals surface area contributed by atoms with Gasteiger partial charge in [-0.2, -0.15) is 5.26 Å². The van der Waals surface area contributed by atoms with Gasteiger partial charge in [0.25, 0.3) is 0 Å². The van der Waals surface area contributed by atoms with Crippen molar-refractivity contribution < 1.29 is 14.6 Å². The Labute approximate surface area is 145 Å². The molecule has 2 heterocycles. The van der Waals surface area contributed by atoms with Crippen molar-refractivity contribution in [3.05, 3.63) is 41.5 Å². The number of nitrogens with zero attached hydrogens (tertiary/aromatic N) is 4. The number of aromatic nitrogens is 3. The highest BCUT2D eigenvalue weighted by Gasteiger charge is 2.18. The lowest BCUT2D eigenvalue weighted by Gasteiger charge is -2.08. The number of hydrogen-bond acceptors (Lipinski definition) is 5. The van der Waals surface area contributed by atoms with Gasteiger partial charge >= 0.3 is 5.97 Å². The maximum absolute atomic E-state index is 10.7. The lowest BCUT2D eigenvalue weighted by Crippen LogP contribution is -2.10. The van der Waals surface area contributed by atoms with Crippen LogP contribution in [0, 0.1) is 11.3 Å². The summed E-state index contributed by atoms with van der Waals surface area (Å²) in [5.74, 6) is 0.812. The predicted octanol–water partition coefficient (Wildman–Crippen LogP) is 2.53. The van der Waals surface area contributed by atoms with Crippen molar-refractivity contribution in [1.29, 1.82) is 5.26 Å². The van der Waals surface area contributed by atoms with Crippen LogP contribution in [0.4, 0.5) is 0 Å². The first-order valence-electron chi connectivity index (χ1n) is 8.17. The van der Waals surface area contributed by atoms with Gasteiger partial charge in [0.15, 0.2) is 12.4 Å². The smallest absolute Gasteiger partial charge is 0.341 e. The van der Waals surface area contributed by atoms with E-state index >= 15 is 0 Å². The molecular weight excluding hydrogens is 320 g/mol. The van der Waals surface area contributed by atoms with Gasteiger partial charge in [0, 0.05) is 18.5 Å². The fourth-order valence-corrected chi connectivity index (χ4v) is 2.86. The van der Waals surface area contributed by atoms with E-state index in [9.17, 15) is 10.1 Å². The molecule has 0 saturated heterocycles. The Hall–Kier alpha value is -3.14. The highest BCUT2D eigenvalue weighted by Crippen LogP contribution is 2.25. The zero-order valence-electron chi connectivity index (χ0n) is 13.7. The van der Waals surface area contributed by atoms with Crippen molar-refractivity contribution in [3.8, 4) is 11.8 Å². The summed E-state index contributed by atoms with van der Waals surface area (Å²) < 4.78 is 7.30. The second kappa shape index (κ2) is 7.62. The number of nitriles is 1. The Balaban J connectivity index is 1.96. The Kier molecular flexibility index (Phi) is 5.09. The summed E-state index contributed by atoms with van der Waals surface area (Å²) in [4.78, 5) is 10.7. The topological polar surface area (TPSA) is 101 Å². The number of carboxylic acids is 1. The third kappa shape index (κ3) is 3.86. The summed E-state index contributed by atoms with van der Waals surface area (Å²) in [6.45, 7) is 0.362. The average molecular weight is 338 g/mol. The normalized spacial score (nSPS) is 14.3. The molecule has 0 saturated carbocycles. The summed E-state index contributed by atoms with van der Waals surface area (Å²) in [6.07, 6.45) is 5.79. The number of hydrogen-bond donors (Lipinski definition) is 1. The average Bonchev–Trinajstić information content (AvgIpc) is 2.86. The van der Waals surface area contributed by atoms with Crippen LogP contribution in [0.2, 0.25) is 0 Å². The third-order valence-corrected chi connectivity index (χ3v) is 4.04. The van der Waals surface area contributed by atoms with Crippen molar-refractivity contribution in [2.75, 3.05) is 6.61 Å². The van der Waals surface area contributed by atoms with E-state index in [1.54, 1.807) is 30.3 Å². The zero-order chi connectivity index (χ0) is 17.6. The van der Waals surface area contributed by atoms with Crippen LogP contribution in [0.1, 0.15) is 36.5 Å². The van der Waals surface area contributed by atoms with Crippen LogP contribution in [-0.2, 0) is 17.8 Å². The molecule has 1 aromatic heterocycles. The number of para-hydroxylation sites is 1. The van der Waals surface area contributed by atoms with Crippen LogP contribution in [-0.4, -0.2) is 32.4 Å². The number of ether oxygens (including phenoxy) is 1. The number of carbonyl (C=O) groups is 1.